The van der Waals surface area contributed by atoms with Crippen molar-refractivity contribution in [3.63, 3.8) is 0 Å². The minimum Gasteiger partial charge on any atom is -0.457 e. The van der Waals surface area contributed by atoms with Crippen LogP contribution in [-0.2, 0) is 22.6 Å². The number of amides is 1. The first-order valence-corrected chi connectivity index (χ1v) is 12.3. The zero-order valence-corrected chi connectivity index (χ0v) is 21.1. The minimum atomic E-state index is -0.780. The molecule has 0 aliphatic rings. The molecule has 5 nitrogen and oxygen atoms in total. The number of ether oxygens (including phenoxy) is 2. The molecule has 0 aromatic heterocycles. The summed E-state index contributed by atoms with van der Waals surface area (Å²) in [5.41, 5.74) is 4.48. The average molecular weight is 494 g/mol. The van der Waals surface area contributed by atoms with Gasteiger partial charge in [-0.1, -0.05) is 66.7 Å². The van der Waals surface area contributed by atoms with Crippen LogP contribution in [0.2, 0.25) is 0 Å². The first-order chi connectivity index (χ1) is 18.0. The van der Waals surface area contributed by atoms with E-state index in [1.165, 1.54) is 0 Å². The molecule has 0 heterocycles. The quantitative estimate of drug-likeness (QED) is 0.269. The van der Waals surface area contributed by atoms with Crippen molar-refractivity contribution < 1.29 is 19.1 Å². The van der Waals surface area contributed by atoms with E-state index in [9.17, 15) is 9.59 Å². The second kappa shape index (κ2) is 12.7. The van der Waals surface area contributed by atoms with E-state index in [1.54, 1.807) is 6.07 Å². The third kappa shape index (κ3) is 7.63. The van der Waals surface area contributed by atoms with Crippen LogP contribution in [0.25, 0.3) is 0 Å². The van der Waals surface area contributed by atoms with Gasteiger partial charge in [-0.25, -0.2) is 0 Å². The standard InChI is InChI=1S/C32H31NO4/c1-23-13-16-27(19-24(23)2)32(35)33-30(22-36-21-26-9-5-3-6-10-26)31(34)20-25-14-17-29(18-15-25)37-28-11-7-4-8-12-28/h3-19,30H,20-22H2,1-2H3,(H,33,35). The summed E-state index contributed by atoms with van der Waals surface area (Å²) >= 11 is 0. The Morgan fingerprint density at radius 2 is 1.38 bits per heavy atom. The van der Waals surface area contributed by atoms with Crippen LogP contribution in [0, 0.1) is 13.8 Å². The van der Waals surface area contributed by atoms with E-state index in [-0.39, 0.29) is 24.7 Å². The lowest BCUT2D eigenvalue weighted by molar-refractivity contribution is -0.121. The van der Waals surface area contributed by atoms with Crippen molar-refractivity contribution >= 4 is 11.7 Å². The maximum absolute atomic E-state index is 13.3. The second-order valence-corrected chi connectivity index (χ2v) is 9.03. The Kier molecular flexibility index (Phi) is 8.84. The van der Waals surface area contributed by atoms with Gasteiger partial charge < -0.3 is 14.8 Å². The van der Waals surface area contributed by atoms with Crippen LogP contribution in [0.1, 0.15) is 32.6 Å². The molecule has 0 fully saturated rings. The third-order valence-electron chi connectivity index (χ3n) is 6.14. The summed E-state index contributed by atoms with van der Waals surface area (Å²) in [6.45, 7) is 4.40. The highest BCUT2D eigenvalue weighted by Gasteiger charge is 2.22. The van der Waals surface area contributed by atoms with Gasteiger partial charge in [0.25, 0.3) is 5.91 Å². The van der Waals surface area contributed by atoms with Gasteiger partial charge in [-0.2, -0.15) is 0 Å². The van der Waals surface area contributed by atoms with Crippen LogP contribution in [0.5, 0.6) is 11.5 Å². The van der Waals surface area contributed by atoms with Gasteiger partial charge in [-0.3, -0.25) is 9.59 Å². The monoisotopic (exact) mass is 493 g/mol. The van der Waals surface area contributed by atoms with Crippen molar-refractivity contribution in [1.82, 2.24) is 5.32 Å². The normalized spacial score (nSPS) is 11.5. The summed E-state index contributed by atoms with van der Waals surface area (Å²) in [6.07, 6.45) is 0.165. The van der Waals surface area contributed by atoms with Gasteiger partial charge in [0.15, 0.2) is 5.78 Å². The van der Waals surface area contributed by atoms with E-state index in [1.807, 2.05) is 111 Å². The van der Waals surface area contributed by atoms with E-state index < -0.39 is 6.04 Å². The Morgan fingerprint density at radius 1 is 0.730 bits per heavy atom. The van der Waals surface area contributed by atoms with Crippen molar-refractivity contribution in [2.24, 2.45) is 0 Å². The number of nitrogens with one attached hydrogen (secondary N) is 1. The van der Waals surface area contributed by atoms with Crippen molar-refractivity contribution in [3.8, 4) is 11.5 Å². The Balaban J connectivity index is 1.42. The van der Waals surface area contributed by atoms with Gasteiger partial charge in [0, 0.05) is 12.0 Å². The van der Waals surface area contributed by atoms with Gasteiger partial charge in [0.05, 0.1) is 13.2 Å². The highest BCUT2D eigenvalue weighted by Crippen LogP contribution is 2.21. The first-order valence-electron chi connectivity index (χ1n) is 12.3. The number of para-hydroxylation sites is 1. The van der Waals surface area contributed by atoms with Gasteiger partial charge in [-0.05, 0) is 72.5 Å². The van der Waals surface area contributed by atoms with Crippen LogP contribution in [0.4, 0.5) is 0 Å². The second-order valence-electron chi connectivity index (χ2n) is 9.03. The zero-order valence-electron chi connectivity index (χ0n) is 21.1. The molecule has 4 aromatic carbocycles. The molecule has 0 aliphatic carbocycles. The van der Waals surface area contributed by atoms with Crippen LogP contribution in [-0.4, -0.2) is 24.3 Å². The number of rotatable bonds is 11. The molecule has 1 amide bonds. The van der Waals surface area contributed by atoms with E-state index in [0.29, 0.717) is 17.9 Å². The first kappa shape index (κ1) is 25.9. The van der Waals surface area contributed by atoms with E-state index in [2.05, 4.69) is 5.32 Å². The number of carbonyl (C=O) groups is 2. The largest absolute Gasteiger partial charge is 0.457 e. The number of benzene rings is 4. The summed E-state index contributed by atoms with van der Waals surface area (Å²) in [5.74, 6) is 1.02. The highest BCUT2D eigenvalue weighted by molar-refractivity contribution is 5.98. The molecule has 1 unspecified atom stereocenters. The molecule has 0 spiro atoms. The molecule has 1 N–H and O–H groups in total. The molecule has 4 rings (SSSR count). The number of Topliss-reactive ketones (excluding diaryl/α,β-unsaturated/α-hetero) is 1. The fourth-order valence-corrected chi connectivity index (χ4v) is 3.83. The van der Waals surface area contributed by atoms with Crippen LogP contribution < -0.4 is 10.1 Å². The van der Waals surface area contributed by atoms with Gasteiger partial charge in [0.2, 0.25) is 0 Å². The summed E-state index contributed by atoms with van der Waals surface area (Å²) in [7, 11) is 0. The lowest BCUT2D eigenvalue weighted by Crippen LogP contribution is -2.44. The van der Waals surface area contributed by atoms with Crippen molar-refractivity contribution in [1.29, 1.82) is 0 Å². The van der Waals surface area contributed by atoms with Crippen LogP contribution >= 0.6 is 0 Å². The van der Waals surface area contributed by atoms with Crippen molar-refractivity contribution in [2.75, 3.05) is 6.61 Å². The molecule has 188 valence electrons. The third-order valence-corrected chi connectivity index (χ3v) is 6.14. The fourth-order valence-electron chi connectivity index (χ4n) is 3.83. The van der Waals surface area contributed by atoms with Crippen molar-refractivity contribution in [2.45, 2.75) is 32.9 Å². The molecule has 0 bridgehead atoms. The Labute approximate surface area is 218 Å². The maximum atomic E-state index is 13.3. The number of ketones is 1. The topological polar surface area (TPSA) is 64.6 Å². The maximum Gasteiger partial charge on any atom is 0.251 e. The number of hydrogen-bond donors (Lipinski definition) is 1. The van der Waals surface area contributed by atoms with E-state index in [4.69, 9.17) is 9.47 Å². The highest BCUT2D eigenvalue weighted by atomic mass is 16.5. The lowest BCUT2D eigenvalue weighted by atomic mass is 10.0. The fraction of sp³-hybridized carbons (Fsp3) is 0.188. The molecule has 4 aromatic rings. The molecule has 0 saturated carbocycles. The number of hydrogen-bond acceptors (Lipinski definition) is 4. The molecule has 0 radical (unpaired) electrons. The zero-order chi connectivity index (χ0) is 26.0. The predicted molar refractivity (Wildman–Crippen MR) is 145 cm³/mol. The molecular weight excluding hydrogens is 462 g/mol. The lowest BCUT2D eigenvalue weighted by Gasteiger charge is -2.19. The summed E-state index contributed by atoms with van der Waals surface area (Å²) in [6, 6.07) is 31.4. The van der Waals surface area contributed by atoms with Crippen LogP contribution in [0.15, 0.2) is 103 Å². The van der Waals surface area contributed by atoms with E-state index in [0.717, 1.165) is 28.0 Å². The minimum absolute atomic E-state index is 0.0829. The Bertz CT molecular complexity index is 1320. The van der Waals surface area contributed by atoms with Gasteiger partial charge >= 0.3 is 0 Å². The molecular formula is C32H31NO4. The Hall–Kier alpha value is -4.22. The summed E-state index contributed by atoms with van der Waals surface area (Å²) in [5, 5.41) is 2.89. The summed E-state index contributed by atoms with van der Waals surface area (Å²) in [4.78, 5) is 26.3. The molecule has 0 saturated heterocycles. The number of aryl methyl sites for hydroxylation is 2. The van der Waals surface area contributed by atoms with E-state index >= 15 is 0 Å². The number of carbonyl (C=O) groups excluding carboxylic acids is 2. The average Bonchev–Trinajstić information content (AvgIpc) is 2.92. The van der Waals surface area contributed by atoms with Crippen LogP contribution in [0.3, 0.4) is 0 Å². The molecule has 1 atom stereocenters. The molecule has 37 heavy (non-hydrogen) atoms. The Morgan fingerprint density at radius 3 is 2.05 bits per heavy atom. The molecule has 5 heteroatoms. The SMILES string of the molecule is Cc1ccc(C(=O)NC(COCc2ccccc2)C(=O)Cc2ccc(Oc3ccccc3)cc2)cc1C. The molecule has 0 aliphatic heterocycles. The van der Waals surface area contributed by atoms with Crippen molar-refractivity contribution in [3.05, 3.63) is 131 Å². The van der Waals surface area contributed by atoms with Gasteiger partial charge in [0.1, 0.15) is 17.5 Å². The predicted octanol–water partition coefficient (Wildman–Crippen LogP) is 6.22. The smallest absolute Gasteiger partial charge is 0.251 e. The summed E-state index contributed by atoms with van der Waals surface area (Å²) < 4.78 is 11.7. The van der Waals surface area contributed by atoms with Gasteiger partial charge in [-0.15, -0.1) is 0 Å².